The highest BCUT2D eigenvalue weighted by Gasteiger charge is 2.24. The van der Waals surface area contributed by atoms with E-state index < -0.39 is 10.0 Å². The van der Waals surface area contributed by atoms with E-state index in [1.165, 1.54) is 22.5 Å². The van der Waals surface area contributed by atoms with Crippen molar-refractivity contribution in [3.8, 4) is 12.3 Å². The molecular weight excluding hydrogens is 260 g/mol. The molecular formula is C11H13ClN2O2S. The smallest absolute Gasteiger partial charge is 0.245 e. The first kappa shape index (κ1) is 13.8. The van der Waals surface area contributed by atoms with Crippen LogP contribution in [0.5, 0.6) is 0 Å². The second kappa shape index (κ2) is 5.41. The number of sulfonamides is 1. The van der Waals surface area contributed by atoms with Crippen LogP contribution in [0.3, 0.4) is 0 Å². The van der Waals surface area contributed by atoms with E-state index in [0.29, 0.717) is 5.02 Å². The number of hydrogen-bond acceptors (Lipinski definition) is 3. The molecule has 17 heavy (non-hydrogen) atoms. The number of anilines is 1. The van der Waals surface area contributed by atoms with E-state index >= 15 is 0 Å². The predicted octanol–water partition coefficient (Wildman–Crippen LogP) is 1.57. The van der Waals surface area contributed by atoms with Crippen molar-refractivity contribution in [2.45, 2.75) is 11.8 Å². The Labute approximate surface area is 106 Å². The van der Waals surface area contributed by atoms with E-state index in [9.17, 15) is 8.42 Å². The maximum absolute atomic E-state index is 12.2. The van der Waals surface area contributed by atoms with Gasteiger partial charge < -0.3 is 5.73 Å². The van der Waals surface area contributed by atoms with Crippen LogP contribution < -0.4 is 5.73 Å². The standard InChI is InChI=1S/C11H13ClN2O2S/c1-3-7-14(4-2)17(15,16)11-6-5-9(12)8-10(11)13/h1,5-6,8H,4,7,13H2,2H3. The molecule has 0 bridgehead atoms. The van der Waals surface area contributed by atoms with Crippen LogP contribution in [0.1, 0.15) is 6.92 Å². The highest BCUT2D eigenvalue weighted by atomic mass is 35.5. The zero-order valence-electron chi connectivity index (χ0n) is 9.35. The third-order valence-electron chi connectivity index (χ3n) is 2.21. The van der Waals surface area contributed by atoms with Crippen LogP contribution in [-0.4, -0.2) is 25.8 Å². The minimum absolute atomic E-state index is 0.0148. The fraction of sp³-hybridized carbons (Fsp3) is 0.273. The van der Waals surface area contributed by atoms with Gasteiger partial charge in [-0.1, -0.05) is 24.4 Å². The van der Waals surface area contributed by atoms with Gasteiger partial charge in [0, 0.05) is 11.6 Å². The lowest BCUT2D eigenvalue weighted by Gasteiger charge is -2.18. The van der Waals surface area contributed by atoms with Gasteiger partial charge in [-0.15, -0.1) is 6.42 Å². The van der Waals surface area contributed by atoms with Gasteiger partial charge in [-0.2, -0.15) is 4.31 Å². The van der Waals surface area contributed by atoms with Crippen molar-refractivity contribution in [1.82, 2.24) is 4.31 Å². The molecule has 6 heteroatoms. The molecule has 0 saturated carbocycles. The van der Waals surface area contributed by atoms with E-state index in [1.54, 1.807) is 6.92 Å². The van der Waals surface area contributed by atoms with Gasteiger partial charge >= 0.3 is 0 Å². The molecule has 1 aromatic carbocycles. The van der Waals surface area contributed by atoms with Crippen LogP contribution in [0.2, 0.25) is 5.02 Å². The number of terminal acetylenes is 1. The summed E-state index contributed by atoms with van der Waals surface area (Å²) < 4.78 is 25.6. The number of rotatable bonds is 4. The van der Waals surface area contributed by atoms with Crippen molar-refractivity contribution in [1.29, 1.82) is 0 Å². The second-order valence-electron chi connectivity index (χ2n) is 3.32. The van der Waals surface area contributed by atoms with E-state index in [1.807, 2.05) is 0 Å². The van der Waals surface area contributed by atoms with Crippen LogP contribution >= 0.6 is 11.6 Å². The summed E-state index contributed by atoms with van der Waals surface area (Å²) in [5.74, 6) is 2.31. The fourth-order valence-corrected chi connectivity index (χ4v) is 3.00. The molecule has 0 aliphatic heterocycles. The number of hydrogen-bond donors (Lipinski definition) is 1. The fourth-order valence-electron chi connectivity index (χ4n) is 1.36. The van der Waals surface area contributed by atoms with Crippen LogP contribution in [0.25, 0.3) is 0 Å². The SMILES string of the molecule is C#CCN(CC)S(=O)(=O)c1ccc(Cl)cc1N. The molecule has 1 aromatic rings. The van der Waals surface area contributed by atoms with Crippen LogP contribution in [-0.2, 0) is 10.0 Å². The van der Waals surface area contributed by atoms with Crippen LogP contribution in [0, 0.1) is 12.3 Å². The quantitative estimate of drug-likeness (QED) is 0.668. The number of halogens is 1. The van der Waals surface area contributed by atoms with Crippen LogP contribution in [0.4, 0.5) is 5.69 Å². The lowest BCUT2D eigenvalue weighted by Crippen LogP contribution is -2.31. The molecule has 0 radical (unpaired) electrons. The molecule has 2 N–H and O–H groups in total. The van der Waals surface area contributed by atoms with E-state index in [-0.39, 0.29) is 23.7 Å². The minimum Gasteiger partial charge on any atom is -0.398 e. The van der Waals surface area contributed by atoms with Gasteiger partial charge in [0.1, 0.15) is 4.90 Å². The van der Waals surface area contributed by atoms with Crippen molar-refractivity contribution in [2.75, 3.05) is 18.8 Å². The molecule has 0 aliphatic carbocycles. The summed E-state index contributed by atoms with van der Waals surface area (Å²) in [6.45, 7) is 2.01. The Hall–Kier alpha value is -1.22. The van der Waals surface area contributed by atoms with E-state index in [4.69, 9.17) is 23.8 Å². The Morgan fingerprint density at radius 3 is 2.65 bits per heavy atom. The normalized spacial score (nSPS) is 11.4. The molecule has 0 saturated heterocycles. The number of benzene rings is 1. The van der Waals surface area contributed by atoms with Crippen molar-refractivity contribution < 1.29 is 8.42 Å². The molecule has 0 heterocycles. The Balaban J connectivity index is 3.26. The van der Waals surface area contributed by atoms with Crippen molar-refractivity contribution >= 4 is 27.3 Å². The first-order valence-electron chi connectivity index (χ1n) is 4.92. The van der Waals surface area contributed by atoms with Crippen LogP contribution in [0.15, 0.2) is 23.1 Å². The third kappa shape index (κ3) is 2.91. The van der Waals surface area contributed by atoms with Gasteiger partial charge in [0.15, 0.2) is 0 Å². The summed E-state index contributed by atoms with van der Waals surface area (Å²) in [5.41, 5.74) is 5.77. The van der Waals surface area contributed by atoms with Gasteiger partial charge in [-0.05, 0) is 18.2 Å². The summed E-state index contributed by atoms with van der Waals surface area (Å²) in [7, 11) is -3.65. The Morgan fingerprint density at radius 1 is 1.53 bits per heavy atom. The molecule has 0 spiro atoms. The molecule has 0 unspecified atom stereocenters. The maximum Gasteiger partial charge on any atom is 0.245 e. The molecule has 92 valence electrons. The summed E-state index contributed by atoms with van der Waals surface area (Å²) in [6.07, 6.45) is 5.13. The number of nitrogens with zero attached hydrogens (tertiary/aromatic N) is 1. The highest BCUT2D eigenvalue weighted by molar-refractivity contribution is 7.89. The van der Waals surface area contributed by atoms with Gasteiger partial charge in [0.2, 0.25) is 10.0 Å². The molecule has 4 nitrogen and oxygen atoms in total. The number of nitrogens with two attached hydrogens (primary N) is 1. The van der Waals surface area contributed by atoms with Crippen molar-refractivity contribution in [2.24, 2.45) is 0 Å². The zero-order valence-corrected chi connectivity index (χ0v) is 10.9. The van der Waals surface area contributed by atoms with Crippen molar-refractivity contribution in [3.05, 3.63) is 23.2 Å². The summed E-state index contributed by atoms with van der Waals surface area (Å²) >= 11 is 5.72. The largest absolute Gasteiger partial charge is 0.398 e. The molecule has 0 aliphatic rings. The molecule has 0 amide bonds. The molecule has 1 rings (SSSR count). The van der Waals surface area contributed by atoms with E-state index in [0.717, 1.165) is 0 Å². The predicted molar refractivity (Wildman–Crippen MR) is 69.1 cm³/mol. The average Bonchev–Trinajstić information content (AvgIpc) is 2.24. The summed E-state index contributed by atoms with van der Waals surface area (Å²) in [6, 6.07) is 4.26. The Morgan fingerprint density at radius 2 is 2.18 bits per heavy atom. The van der Waals surface area contributed by atoms with Gasteiger partial charge in [-0.3, -0.25) is 0 Å². The monoisotopic (exact) mass is 272 g/mol. The third-order valence-corrected chi connectivity index (χ3v) is 4.44. The summed E-state index contributed by atoms with van der Waals surface area (Å²) in [4.78, 5) is 0.0269. The minimum atomic E-state index is -3.65. The zero-order chi connectivity index (χ0) is 13.1. The average molecular weight is 273 g/mol. The number of nitrogen functional groups attached to an aromatic ring is 1. The van der Waals surface area contributed by atoms with Gasteiger partial charge in [0.25, 0.3) is 0 Å². The first-order chi connectivity index (χ1) is 7.93. The molecule has 0 atom stereocenters. The molecule has 0 fully saturated rings. The Kier molecular flexibility index (Phi) is 4.40. The first-order valence-corrected chi connectivity index (χ1v) is 6.74. The highest BCUT2D eigenvalue weighted by Crippen LogP contribution is 2.25. The summed E-state index contributed by atoms with van der Waals surface area (Å²) in [5, 5.41) is 0.390. The Bertz CT molecular complexity index is 549. The lowest BCUT2D eigenvalue weighted by atomic mass is 10.3. The van der Waals surface area contributed by atoms with Gasteiger partial charge in [0.05, 0.1) is 12.2 Å². The van der Waals surface area contributed by atoms with Crippen molar-refractivity contribution in [3.63, 3.8) is 0 Å². The molecule has 0 aromatic heterocycles. The topological polar surface area (TPSA) is 63.4 Å². The maximum atomic E-state index is 12.2. The second-order valence-corrected chi connectivity index (χ2v) is 5.66. The van der Waals surface area contributed by atoms with E-state index in [2.05, 4.69) is 5.92 Å². The lowest BCUT2D eigenvalue weighted by molar-refractivity contribution is 0.464. The van der Waals surface area contributed by atoms with Gasteiger partial charge in [-0.25, -0.2) is 8.42 Å².